The number of halogens is 1. The van der Waals surface area contributed by atoms with E-state index in [2.05, 4.69) is 11.1 Å². The number of hydrogen-bond acceptors (Lipinski definition) is 3. The number of nitrogens with zero attached hydrogens (tertiary/aromatic N) is 2. The van der Waals surface area contributed by atoms with E-state index in [1.807, 2.05) is 43.3 Å². The summed E-state index contributed by atoms with van der Waals surface area (Å²) in [6, 6.07) is 15.2. The topological polar surface area (TPSA) is 45.9 Å². The maximum atomic E-state index is 9.28. The first kappa shape index (κ1) is 13.4. The fraction of sp³-hybridized carbons (Fsp3) is 0.0588. The Labute approximate surface area is 127 Å². The third-order valence-corrected chi connectivity index (χ3v) is 3.46. The lowest BCUT2D eigenvalue weighted by Crippen LogP contribution is -1.93. The molecule has 0 fully saturated rings. The van der Waals surface area contributed by atoms with E-state index in [9.17, 15) is 5.26 Å². The van der Waals surface area contributed by atoms with Crippen LogP contribution >= 0.6 is 11.6 Å². The Morgan fingerprint density at radius 1 is 1.19 bits per heavy atom. The van der Waals surface area contributed by atoms with Crippen molar-refractivity contribution in [1.29, 1.82) is 5.26 Å². The van der Waals surface area contributed by atoms with Gasteiger partial charge in [0, 0.05) is 11.6 Å². The van der Waals surface area contributed by atoms with E-state index in [1.54, 1.807) is 6.07 Å². The summed E-state index contributed by atoms with van der Waals surface area (Å²) in [4.78, 5) is 4.26. The smallest absolute Gasteiger partial charge is 0.156 e. The van der Waals surface area contributed by atoms with Crippen LogP contribution in [0.2, 0.25) is 5.02 Å². The van der Waals surface area contributed by atoms with Gasteiger partial charge in [-0.2, -0.15) is 5.26 Å². The van der Waals surface area contributed by atoms with Gasteiger partial charge in [0.2, 0.25) is 0 Å². The van der Waals surface area contributed by atoms with E-state index in [-0.39, 0.29) is 0 Å². The summed E-state index contributed by atoms with van der Waals surface area (Å²) in [5, 5.41) is 10.6. The quantitative estimate of drug-likeness (QED) is 0.678. The van der Waals surface area contributed by atoms with Gasteiger partial charge in [-0.3, -0.25) is 4.98 Å². The van der Waals surface area contributed by atoms with Crippen LogP contribution < -0.4 is 4.74 Å². The summed E-state index contributed by atoms with van der Waals surface area (Å²) in [6.07, 6.45) is 1.52. The van der Waals surface area contributed by atoms with Crippen LogP contribution in [0, 0.1) is 18.3 Å². The molecule has 3 nitrogen and oxygen atoms in total. The number of aryl methyl sites for hydroxylation is 1. The summed E-state index contributed by atoms with van der Waals surface area (Å²) in [5.41, 5.74) is 2.19. The van der Waals surface area contributed by atoms with E-state index < -0.39 is 0 Å². The minimum atomic E-state index is 0.381. The highest BCUT2D eigenvalue weighted by molar-refractivity contribution is 6.32. The Morgan fingerprint density at radius 3 is 2.81 bits per heavy atom. The second kappa shape index (κ2) is 5.43. The van der Waals surface area contributed by atoms with Crippen molar-refractivity contribution in [2.45, 2.75) is 6.92 Å². The van der Waals surface area contributed by atoms with Crippen molar-refractivity contribution in [3.63, 3.8) is 0 Å². The van der Waals surface area contributed by atoms with Crippen LogP contribution in [-0.2, 0) is 0 Å². The number of para-hydroxylation sites is 1. The van der Waals surface area contributed by atoms with Crippen LogP contribution in [0.25, 0.3) is 10.9 Å². The van der Waals surface area contributed by atoms with Crippen molar-refractivity contribution in [3.05, 3.63) is 64.8 Å². The Morgan fingerprint density at radius 2 is 2.00 bits per heavy atom. The second-order valence-electron chi connectivity index (χ2n) is 4.67. The summed E-state index contributed by atoms with van der Waals surface area (Å²) in [5.74, 6) is 1.01. The SMILES string of the molecule is Cc1ccc(Cl)c(Oc2c(C#N)cnc3ccccc23)c1. The average Bonchev–Trinajstić information content (AvgIpc) is 2.51. The highest BCUT2D eigenvalue weighted by Gasteiger charge is 2.12. The molecule has 0 aliphatic heterocycles. The molecule has 3 rings (SSSR count). The van der Waals surface area contributed by atoms with E-state index in [4.69, 9.17) is 16.3 Å². The Hall–Kier alpha value is -2.57. The molecule has 0 radical (unpaired) electrons. The largest absolute Gasteiger partial charge is 0.454 e. The third kappa shape index (κ3) is 2.54. The first-order valence-corrected chi connectivity index (χ1v) is 6.78. The normalized spacial score (nSPS) is 10.3. The number of rotatable bonds is 2. The Balaban J connectivity index is 2.19. The molecule has 0 amide bonds. The number of hydrogen-bond donors (Lipinski definition) is 0. The average molecular weight is 295 g/mol. The van der Waals surface area contributed by atoms with Gasteiger partial charge in [0.15, 0.2) is 5.75 Å². The van der Waals surface area contributed by atoms with Gasteiger partial charge in [-0.1, -0.05) is 29.8 Å². The molecule has 0 saturated carbocycles. The second-order valence-corrected chi connectivity index (χ2v) is 5.07. The van der Waals surface area contributed by atoms with Gasteiger partial charge in [0.1, 0.15) is 17.4 Å². The van der Waals surface area contributed by atoms with Crippen molar-refractivity contribution in [1.82, 2.24) is 4.98 Å². The van der Waals surface area contributed by atoms with Crippen molar-refractivity contribution < 1.29 is 4.74 Å². The molecule has 1 heterocycles. The minimum Gasteiger partial charge on any atom is -0.454 e. The lowest BCUT2D eigenvalue weighted by molar-refractivity contribution is 0.486. The molecular formula is C17H11ClN2O. The minimum absolute atomic E-state index is 0.381. The highest BCUT2D eigenvalue weighted by Crippen LogP contribution is 2.35. The molecule has 0 saturated heterocycles. The van der Waals surface area contributed by atoms with Crippen LogP contribution in [0.15, 0.2) is 48.7 Å². The van der Waals surface area contributed by atoms with Crippen molar-refractivity contribution in [3.8, 4) is 17.6 Å². The molecule has 2 aromatic carbocycles. The number of ether oxygens (including phenoxy) is 1. The molecule has 0 spiro atoms. The zero-order valence-corrected chi connectivity index (χ0v) is 12.1. The summed E-state index contributed by atoms with van der Waals surface area (Å²) in [7, 11) is 0. The van der Waals surface area contributed by atoms with Gasteiger partial charge < -0.3 is 4.74 Å². The first-order valence-electron chi connectivity index (χ1n) is 6.41. The Kier molecular flexibility index (Phi) is 3.47. The van der Waals surface area contributed by atoms with Gasteiger partial charge >= 0.3 is 0 Å². The van der Waals surface area contributed by atoms with Crippen LogP contribution in [0.1, 0.15) is 11.1 Å². The van der Waals surface area contributed by atoms with E-state index in [1.165, 1.54) is 6.20 Å². The molecule has 4 heteroatoms. The molecule has 0 aliphatic rings. The van der Waals surface area contributed by atoms with Crippen molar-refractivity contribution in [2.24, 2.45) is 0 Å². The van der Waals surface area contributed by atoms with Crippen LogP contribution in [-0.4, -0.2) is 4.98 Å². The maximum Gasteiger partial charge on any atom is 0.156 e. The standard InChI is InChI=1S/C17H11ClN2O/c1-11-6-7-14(18)16(8-11)21-17-12(9-19)10-20-15-5-3-2-4-13(15)17/h2-8,10H,1H3. The zero-order chi connectivity index (χ0) is 14.8. The summed E-state index contributed by atoms with van der Waals surface area (Å²) < 4.78 is 5.93. The fourth-order valence-corrected chi connectivity index (χ4v) is 2.26. The molecule has 0 unspecified atom stereocenters. The highest BCUT2D eigenvalue weighted by atomic mass is 35.5. The monoisotopic (exact) mass is 294 g/mol. The molecule has 21 heavy (non-hydrogen) atoms. The molecule has 0 atom stereocenters. The van der Waals surface area contributed by atoms with Gasteiger partial charge in [0.25, 0.3) is 0 Å². The van der Waals surface area contributed by atoms with Crippen molar-refractivity contribution >= 4 is 22.5 Å². The van der Waals surface area contributed by atoms with Crippen LogP contribution in [0.4, 0.5) is 0 Å². The molecular weight excluding hydrogens is 284 g/mol. The zero-order valence-electron chi connectivity index (χ0n) is 11.3. The van der Waals surface area contributed by atoms with E-state index >= 15 is 0 Å². The first-order chi connectivity index (χ1) is 10.2. The maximum absolute atomic E-state index is 9.28. The molecule has 102 valence electrons. The van der Waals surface area contributed by atoms with Crippen molar-refractivity contribution in [2.75, 3.05) is 0 Å². The fourth-order valence-electron chi connectivity index (χ4n) is 2.10. The van der Waals surface area contributed by atoms with Gasteiger partial charge in [-0.25, -0.2) is 0 Å². The molecule has 0 bridgehead atoms. The summed E-state index contributed by atoms with van der Waals surface area (Å²) in [6.45, 7) is 1.96. The summed E-state index contributed by atoms with van der Waals surface area (Å²) >= 11 is 6.17. The van der Waals surface area contributed by atoms with Gasteiger partial charge in [0.05, 0.1) is 10.5 Å². The Bertz CT molecular complexity index is 868. The van der Waals surface area contributed by atoms with Gasteiger partial charge in [-0.15, -0.1) is 0 Å². The van der Waals surface area contributed by atoms with E-state index in [0.717, 1.165) is 16.5 Å². The number of fused-ring (bicyclic) bond motifs is 1. The van der Waals surface area contributed by atoms with E-state index in [0.29, 0.717) is 22.1 Å². The predicted octanol–water partition coefficient (Wildman–Crippen LogP) is 4.86. The molecule has 0 N–H and O–H groups in total. The number of pyridine rings is 1. The third-order valence-electron chi connectivity index (χ3n) is 3.15. The lowest BCUT2D eigenvalue weighted by Gasteiger charge is -2.12. The molecule has 3 aromatic rings. The number of benzene rings is 2. The van der Waals surface area contributed by atoms with Crippen LogP contribution in [0.5, 0.6) is 11.5 Å². The van der Waals surface area contributed by atoms with Gasteiger partial charge in [-0.05, 0) is 36.8 Å². The molecule has 1 aromatic heterocycles. The van der Waals surface area contributed by atoms with Crippen LogP contribution in [0.3, 0.4) is 0 Å². The predicted molar refractivity (Wildman–Crippen MR) is 82.7 cm³/mol. The number of nitriles is 1. The number of aromatic nitrogens is 1. The lowest BCUT2D eigenvalue weighted by atomic mass is 10.1. The molecule has 0 aliphatic carbocycles.